The molecule has 1 unspecified atom stereocenters. The Balaban J connectivity index is 1.72. The zero-order valence-corrected chi connectivity index (χ0v) is 15.0. The van der Waals surface area contributed by atoms with Crippen molar-refractivity contribution >= 4 is 23.5 Å². The zero-order chi connectivity index (χ0) is 20.9. The van der Waals surface area contributed by atoms with Crippen LogP contribution in [-0.2, 0) is 23.8 Å². The first-order chi connectivity index (χ1) is 13.8. The standard InChI is InChI=1S/C17H18N2O10/c1-26-8-5-3-2-4-7(8)19-15(24)17(14(23)18-16(19)25)28-12-11(22)10(21)9(6-20)27-13(12)29-17/h2-5,9-13,20-22H,6H2,1H3,(H,18,23,25)/t9-,10+,11+,12-,13-,17?/m1/s1. The fourth-order valence-electron chi connectivity index (χ4n) is 3.47. The number of para-hydroxylation sites is 2. The van der Waals surface area contributed by atoms with E-state index in [0.29, 0.717) is 4.90 Å². The molecule has 6 atom stereocenters. The van der Waals surface area contributed by atoms with Gasteiger partial charge in [-0.3, -0.25) is 14.9 Å². The van der Waals surface area contributed by atoms with Crippen LogP contribution in [0.3, 0.4) is 0 Å². The summed E-state index contributed by atoms with van der Waals surface area (Å²) in [6, 6.07) is 5.04. The number of hydrogen-bond donors (Lipinski definition) is 4. The molecule has 3 aliphatic rings. The van der Waals surface area contributed by atoms with Crippen molar-refractivity contribution in [1.29, 1.82) is 0 Å². The molecule has 1 spiro atoms. The number of carbonyl (C=O) groups excluding carboxylic acids is 3. The summed E-state index contributed by atoms with van der Waals surface area (Å²) in [4.78, 5) is 38.8. The molecule has 12 heteroatoms. The third-order valence-corrected chi connectivity index (χ3v) is 4.94. The van der Waals surface area contributed by atoms with Crippen LogP contribution in [-0.4, -0.2) is 83.4 Å². The molecule has 4 N–H and O–H groups in total. The number of amides is 4. The molecular weight excluding hydrogens is 392 g/mol. The van der Waals surface area contributed by atoms with Gasteiger partial charge in [0.25, 0.3) is 5.91 Å². The number of anilines is 1. The van der Waals surface area contributed by atoms with Crippen molar-refractivity contribution in [2.75, 3.05) is 18.6 Å². The van der Waals surface area contributed by atoms with E-state index in [9.17, 15) is 29.7 Å². The van der Waals surface area contributed by atoms with Gasteiger partial charge in [0.1, 0.15) is 30.2 Å². The van der Waals surface area contributed by atoms with Crippen molar-refractivity contribution in [3.05, 3.63) is 24.3 Å². The van der Waals surface area contributed by atoms with Crippen molar-refractivity contribution in [3.63, 3.8) is 0 Å². The Hall–Kier alpha value is -2.61. The van der Waals surface area contributed by atoms with Crippen LogP contribution >= 0.6 is 0 Å². The van der Waals surface area contributed by atoms with Crippen LogP contribution in [0, 0.1) is 0 Å². The maximum atomic E-state index is 13.2. The van der Waals surface area contributed by atoms with Gasteiger partial charge in [0.05, 0.1) is 19.4 Å². The molecule has 156 valence electrons. The Bertz CT molecular complexity index is 862. The van der Waals surface area contributed by atoms with Gasteiger partial charge in [0.15, 0.2) is 6.29 Å². The molecule has 3 aliphatic heterocycles. The van der Waals surface area contributed by atoms with Gasteiger partial charge in [-0.05, 0) is 12.1 Å². The number of nitrogens with zero attached hydrogens (tertiary/aromatic N) is 1. The van der Waals surface area contributed by atoms with Crippen molar-refractivity contribution < 1.29 is 48.7 Å². The minimum absolute atomic E-state index is 0.0289. The fraction of sp³-hybridized carbons (Fsp3) is 0.471. The molecule has 3 fully saturated rings. The number of carbonyl (C=O) groups is 3. The lowest BCUT2D eigenvalue weighted by Crippen LogP contribution is -2.69. The topological polar surface area (TPSA) is 164 Å². The number of urea groups is 1. The largest absolute Gasteiger partial charge is 0.495 e. The van der Waals surface area contributed by atoms with E-state index in [1.807, 2.05) is 5.32 Å². The first kappa shape index (κ1) is 19.7. The second kappa shape index (κ2) is 7.02. The van der Waals surface area contributed by atoms with Crippen LogP contribution in [0.5, 0.6) is 5.75 Å². The highest BCUT2D eigenvalue weighted by Crippen LogP contribution is 2.41. The molecule has 4 rings (SSSR count). The lowest BCUT2D eigenvalue weighted by atomic mass is 9.99. The summed E-state index contributed by atoms with van der Waals surface area (Å²) in [6.45, 7) is -0.649. The van der Waals surface area contributed by atoms with Gasteiger partial charge in [0.2, 0.25) is 0 Å². The third kappa shape index (κ3) is 2.80. The number of rotatable bonds is 3. The molecule has 0 saturated carbocycles. The molecule has 0 aliphatic carbocycles. The second-order valence-corrected chi connectivity index (χ2v) is 6.60. The lowest BCUT2D eigenvalue weighted by Gasteiger charge is -2.36. The summed E-state index contributed by atoms with van der Waals surface area (Å²) in [5.41, 5.74) is 0.0289. The van der Waals surface area contributed by atoms with E-state index in [2.05, 4.69) is 0 Å². The molecule has 1 aromatic rings. The number of benzene rings is 1. The Morgan fingerprint density at radius 1 is 1.17 bits per heavy atom. The molecule has 0 radical (unpaired) electrons. The van der Waals surface area contributed by atoms with E-state index < -0.39 is 60.9 Å². The van der Waals surface area contributed by atoms with Crippen molar-refractivity contribution in [2.24, 2.45) is 0 Å². The van der Waals surface area contributed by atoms with Gasteiger partial charge in [-0.1, -0.05) is 12.1 Å². The van der Waals surface area contributed by atoms with Crippen molar-refractivity contribution in [1.82, 2.24) is 5.32 Å². The van der Waals surface area contributed by atoms with Gasteiger partial charge in [-0.25, -0.2) is 9.69 Å². The SMILES string of the molecule is COc1ccccc1N1C(=O)NC(=O)C2(O[C@H]3O[C@H](CO)[C@H](O)[C@H](O)[C@H]3O2)C1=O. The molecular formula is C17H18N2O10. The van der Waals surface area contributed by atoms with Gasteiger partial charge in [-0.2, -0.15) is 0 Å². The van der Waals surface area contributed by atoms with Gasteiger partial charge in [-0.15, -0.1) is 0 Å². The van der Waals surface area contributed by atoms with E-state index in [-0.39, 0.29) is 11.4 Å². The van der Waals surface area contributed by atoms with Crippen LogP contribution < -0.4 is 15.0 Å². The van der Waals surface area contributed by atoms with Crippen molar-refractivity contribution in [3.8, 4) is 5.75 Å². The number of aliphatic hydroxyl groups is 3. The molecule has 0 bridgehead atoms. The molecule has 3 saturated heterocycles. The smallest absolute Gasteiger partial charge is 0.336 e. The fourth-order valence-corrected chi connectivity index (χ4v) is 3.47. The molecule has 0 aromatic heterocycles. The zero-order valence-electron chi connectivity index (χ0n) is 15.0. The van der Waals surface area contributed by atoms with Crippen LogP contribution in [0.25, 0.3) is 0 Å². The Kier molecular flexibility index (Phi) is 4.77. The molecule has 12 nitrogen and oxygen atoms in total. The highest BCUT2D eigenvalue weighted by atomic mass is 16.8. The first-order valence-electron chi connectivity index (χ1n) is 8.65. The maximum Gasteiger partial charge on any atom is 0.336 e. The normalized spacial score (nSPS) is 36.9. The predicted octanol–water partition coefficient (Wildman–Crippen LogP) is -2.17. The lowest BCUT2D eigenvalue weighted by molar-refractivity contribution is -0.256. The number of nitrogens with one attached hydrogen (secondary N) is 1. The summed E-state index contributed by atoms with van der Waals surface area (Å²) >= 11 is 0. The predicted molar refractivity (Wildman–Crippen MR) is 90.5 cm³/mol. The first-order valence-corrected chi connectivity index (χ1v) is 8.65. The van der Waals surface area contributed by atoms with Gasteiger partial charge < -0.3 is 34.3 Å². The highest BCUT2D eigenvalue weighted by Gasteiger charge is 2.67. The summed E-state index contributed by atoms with van der Waals surface area (Å²) in [7, 11) is 1.34. The highest BCUT2D eigenvalue weighted by molar-refractivity contribution is 6.31. The number of barbiturate groups is 1. The van der Waals surface area contributed by atoms with Crippen LogP contribution in [0.2, 0.25) is 0 Å². The van der Waals surface area contributed by atoms with E-state index >= 15 is 0 Å². The van der Waals surface area contributed by atoms with E-state index in [4.69, 9.17) is 18.9 Å². The number of fused-ring (bicyclic) bond motifs is 1. The van der Waals surface area contributed by atoms with E-state index in [1.165, 1.54) is 19.2 Å². The van der Waals surface area contributed by atoms with Gasteiger partial charge >= 0.3 is 17.7 Å². The number of ether oxygens (including phenoxy) is 4. The summed E-state index contributed by atoms with van der Waals surface area (Å²) < 4.78 is 21.3. The van der Waals surface area contributed by atoms with Crippen LogP contribution in [0.1, 0.15) is 0 Å². The second-order valence-electron chi connectivity index (χ2n) is 6.60. The van der Waals surface area contributed by atoms with E-state index in [0.717, 1.165) is 0 Å². The summed E-state index contributed by atoms with van der Waals surface area (Å²) in [6.07, 6.45) is -7.26. The van der Waals surface area contributed by atoms with Crippen LogP contribution in [0.15, 0.2) is 24.3 Å². The minimum Gasteiger partial charge on any atom is -0.495 e. The number of methoxy groups -OCH3 is 1. The maximum absolute atomic E-state index is 13.2. The Labute approximate surface area is 163 Å². The average molecular weight is 410 g/mol. The molecule has 29 heavy (non-hydrogen) atoms. The molecule has 1 aromatic carbocycles. The monoisotopic (exact) mass is 410 g/mol. The minimum atomic E-state index is -2.64. The van der Waals surface area contributed by atoms with Crippen molar-refractivity contribution in [2.45, 2.75) is 36.5 Å². The van der Waals surface area contributed by atoms with Gasteiger partial charge in [0, 0.05) is 0 Å². The van der Waals surface area contributed by atoms with Crippen LogP contribution in [0.4, 0.5) is 10.5 Å². The Morgan fingerprint density at radius 2 is 1.90 bits per heavy atom. The van der Waals surface area contributed by atoms with E-state index in [1.54, 1.807) is 12.1 Å². The summed E-state index contributed by atoms with van der Waals surface area (Å²) in [5.74, 6) is -4.87. The molecule has 3 heterocycles. The number of aliphatic hydroxyl groups excluding tert-OH is 3. The third-order valence-electron chi connectivity index (χ3n) is 4.94. The number of hydrogen-bond acceptors (Lipinski definition) is 10. The average Bonchev–Trinajstić information content (AvgIpc) is 3.11. The quantitative estimate of drug-likeness (QED) is 0.403. The Morgan fingerprint density at radius 3 is 2.59 bits per heavy atom. The molecule has 4 amide bonds. The summed E-state index contributed by atoms with van der Waals surface area (Å²) in [5, 5.41) is 31.5. The number of imide groups is 2.